The molecule has 4 rings (SSSR count). The smallest absolute Gasteiger partial charge is 0.178 e. The fraction of sp³-hybridized carbons (Fsp3) is 0.500. The molecule has 2 fully saturated rings. The lowest BCUT2D eigenvalue weighted by atomic mass is 9.52. The van der Waals surface area contributed by atoms with E-state index in [2.05, 4.69) is 32.6 Å². The Hall–Kier alpha value is -1.92. The maximum absolute atomic E-state index is 11.8. The second-order valence-electron chi connectivity index (χ2n) is 8.35. The van der Waals surface area contributed by atoms with Crippen LogP contribution in [0.1, 0.15) is 39.5 Å². The average molecular weight is 320 g/mol. The van der Waals surface area contributed by atoms with Gasteiger partial charge in [-0.05, 0) is 62.0 Å². The minimum Gasteiger partial charge on any atom is -0.290 e. The summed E-state index contributed by atoms with van der Waals surface area (Å²) in [4.78, 5) is 22.8. The Morgan fingerprint density at radius 3 is 2.92 bits per heavy atom. The molecule has 2 nitrogen and oxygen atoms in total. The summed E-state index contributed by atoms with van der Waals surface area (Å²) < 4.78 is 0. The van der Waals surface area contributed by atoms with Crippen LogP contribution < -0.4 is 0 Å². The van der Waals surface area contributed by atoms with E-state index >= 15 is 0 Å². The quantitative estimate of drug-likeness (QED) is 0.530. The van der Waals surface area contributed by atoms with Crippen molar-refractivity contribution in [1.82, 2.24) is 0 Å². The van der Waals surface area contributed by atoms with Crippen molar-refractivity contribution < 1.29 is 9.59 Å². The number of allylic oxidation sites excluding steroid dienone is 8. The number of hydrogen-bond acceptors (Lipinski definition) is 2. The topological polar surface area (TPSA) is 34.1 Å². The molecule has 124 valence electrons. The molecule has 0 N–H and O–H groups in total. The Balaban J connectivity index is 1.78. The summed E-state index contributed by atoms with van der Waals surface area (Å²) in [5.74, 6) is 3.33. The zero-order valence-electron chi connectivity index (χ0n) is 14.5. The zero-order chi connectivity index (χ0) is 17.1. The van der Waals surface area contributed by atoms with E-state index in [1.54, 1.807) is 12.2 Å². The molecule has 2 saturated carbocycles. The van der Waals surface area contributed by atoms with Gasteiger partial charge in [-0.2, -0.15) is 0 Å². The second kappa shape index (κ2) is 5.04. The molecule has 0 saturated heterocycles. The van der Waals surface area contributed by atoms with E-state index < -0.39 is 0 Å². The van der Waals surface area contributed by atoms with Gasteiger partial charge in [-0.3, -0.25) is 4.79 Å². The first-order valence-electron chi connectivity index (χ1n) is 8.93. The molecule has 0 aliphatic heterocycles. The third-order valence-electron chi connectivity index (χ3n) is 7.25. The molecule has 0 heterocycles. The Morgan fingerprint density at radius 2 is 2.17 bits per heavy atom. The molecule has 2 heteroatoms. The van der Waals surface area contributed by atoms with Crippen molar-refractivity contribution in [3.05, 3.63) is 53.7 Å². The third kappa shape index (κ3) is 1.90. The van der Waals surface area contributed by atoms with Crippen LogP contribution in [0.3, 0.4) is 0 Å². The number of ketones is 1. The van der Waals surface area contributed by atoms with Crippen LogP contribution in [0.5, 0.6) is 0 Å². The van der Waals surface area contributed by atoms with Gasteiger partial charge >= 0.3 is 0 Å². The minimum atomic E-state index is -0.0991. The van der Waals surface area contributed by atoms with E-state index in [1.165, 1.54) is 16.7 Å². The highest BCUT2D eigenvalue weighted by molar-refractivity contribution is 6.01. The van der Waals surface area contributed by atoms with Gasteiger partial charge in [0.15, 0.2) is 5.78 Å². The fourth-order valence-electron chi connectivity index (χ4n) is 5.90. The normalized spacial score (nSPS) is 43.2. The Labute approximate surface area is 143 Å². The summed E-state index contributed by atoms with van der Waals surface area (Å²) in [6.07, 6.45) is 13.8. The van der Waals surface area contributed by atoms with Crippen LogP contribution in [0.15, 0.2) is 53.7 Å². The van der Waals surface area contributed by atoms with E-state index in [9.17, 15) is 9.59 Å². The van der Waals surface area contributed by atoms with Crippen LogP contribution in [0.25, 0.3) is 0 Å². The van der Waals surface area contributed by atoms with Crippen LogP contribution >= 0.6 is 0 Å². The van der Waals surface area contributed by atoms with Crippen LogP contribution in [0.4, 0.5) is 0 Å². The molecule has 0 aromatic heterocycles. The van der Waals surface area contributed by atoms with Gasteiger partial charge in [-0.25, -0.2) is 4.79 Å². The first kappa shape index (κ1) is 15.6. The van der Waals surface area contributed by atoms with Crippen LogP contribution in [-0.2, 0) is 9.59 Å². The number of fused-ring (bicyclic) bond motifs is 5. The molecule has 0 unspecified atom stereocenters. The number of carbonyl (C=O) groups excluding carboxylic acids is 2. The summed E-state index contributed by atoms with van der Waals surface area (Å²) in [5.41, 5.74) is 3.91. The van der Waals surface area contributed by atoms with Crippen molar-refractivity contribution in [3.8, 4) is 0 Å². The lowest BCUT2D eigenvalue weighted by Gasteiger charge is -2.51. The summed E-state index contributed by atoms with van der Waals surface area (Å²) in [7, 11) is 0. The summed E-state index contributed by atoms with van der Waals surface area (Å²) in [6.45, 7) is 8.84. The molecule has 0 aromatic carbocycles. The Morgan fingerprint density at radius 1 is 1.38 bits per heavy atom. The average Bonchev–Trinajstić information content (AvgIpc) is 2.80. The van der Waals surface area contributed by atoms with Gasteiger partial charge in [-0.15, -0.1) is 0 Å². The van der Waals surface area contributed by atoms with Gasteiger partial charge in [0.1, 0.15) is 5.94 Å². The maximum Gasteiger partial charge on any atom is 0.178 e. The van der Waals surface area contributed by atoms with E-state index in [0.29, 0.717) is 11.8 Å². The Kier molecular flexibility index (Phi) is 3.27. The molecule has 0 spiro atoms. The minimum absolute atomic E-state index is 0.0778. The predicted molar refractivity (Wildman–Crippen MR) is 94.9 cm³/mol. The van der Waals surface area contributed by atoms with E-state index in [1.807, 2.05) is 12.0 Å². The van der Waals surface area contributed by atoms with Crippen molar-refractivity contribution in [2.24, 2.45) is 28.6 Å². The highest BCUT2D eigenvalue weighted by Gasteiger charge is 2.56. The molecule has 0 amide bonds. The maximum atomic E-state index is 11.8. The lowest BCUT2D eigenvalue weighted by molar-refractivity contribution is -0.110. The number of carbonyl (C=O) groups is 1. The van der Waals surface area contributed by atoms with Crippen molar-refractivity contribution >= 4 is 11.7 Å². The van der Waals surface area contributed by atoms with Gasteiger partial charge < -0.3 is 0 Å². The van der Waals surface area contributed by atoms with E-state index in [0.717, 1.165) is 25.7 Å². The van der Waals surface area contributed by atoms with Gasteiger partial charge in [-0.1, -0.05) is 42.4 Å². The van der Waals surface area contributed by atoms with Gasteiger partial charge in [0, 0.05) is 17.4 Å². The SMILES string of the molecule is C=C1C[C@H]2[C@@H]3CCC4=CC(=O)C=C[C@]4(C)C3=CC[C@]2(C)[C@@H]1C=C=O. The number of hydrogen-bond donors (Lipinski definition) is 0. The van der Waals surface area contributed by atoms with E-state index in [-0.39, 0.29) is 22.5 Å². The largest absolute Gasteiger partial charge is 0.290 e. The number of rotatable bonds is 1. The molecule has 0 radical (unpaired) electrons. The molecular formula is C22H24O2. The summed E-state index contributed by atoms with van der Waals surface area (Å²) in [5, 5.41) is 0. The van der Waals surface area contributed by atoms with Crippen LogP contribution in [0.2, 0.25) is 0 Å². The molecule has 0 bridgehead atoms. The molecule has 0 aromatic rings. The summed E-state index contributed by atoms with van der Waals surface area (Å²) >= 11 is 0. The standard InChI is InChI=1S/C22H24O2/c1-14-12-20-17-5-4-15-13-16(24)6-9-21(15,2)19(17)7-10-22(20,3)18(14)8-11-23/h6-9,13,17-18,20H,1,4-5,10,12H2,2-3H3/t17-,18-,20+,21+,22-/m1/s1. The van der Waals surface area contributed by atoms with Gasteiger partial charge in [0.05, 0.1) is 0 Å². The fourth-order valence-corrected chi connectivity index (χ4v) is 5.90. The second-order valence-corrected chi connectivity index (χ2v) is 8.35. The molecular weight excluding hydrogens is 296 g/mol. The highest BCUT2D eigenvalue weighted by Crippen LogP contribution is 2.64. The monoisotopic (exact) mass is 320 g/mol. The van der Waals surface area contributed by atoms with Crippen molar-refractivity contribution in [2.75, 3.05) is 0 Å². The molecule has 4 aliphatic rings. The first-order valence-corrected chi connectivity index (χ1v) is 8.93. The molecule has 5 atom stereocenters. The Bertz CT molecular complexity index is 774. The molecule has 4 aliphatic carbocycles. The lowest BCUT2D eigenvalue weighted by Crippen LogP contribution is -2.43. The van der Waals surface area contributed by atoms with Crippen LogP contribution in [-0.4, -0.2) is 11.7 Å². The third-order valence-corrected chi connectivity index (χ3v) is 7.25. The zero-order valence-corrected chi connectivity index (χ0v) is 14.5. The van der Waals surface area contributed by atoms with Gasteiger partial charge in [0.2, 0.25) is 0 Å². The van der Waals surface area contributed by atoms with Crippen molar-refractivity contribution in [2.45, 2.75) is 39.5 Å². The first-order chi connectivity index (χ1) is 11.4. The van der Waals surface area contributed by atoms with Gasteiger partial charge in [0.25, 0.3) is 0 Å². The van der Waals surface area contributed by atoms with Crippen molar-refractivity contribution in [1.29, 1.82) is 0 Å². The summed E-state index contributed by atoms with van der Waals surface area (Å²) in [6, 6.07) is 0. The highest BCUT2D eigenvalue weighted by atomic mass is 16.1. The predicted octanol–water partition coefficient (Wildman–Crippen LogP) is 4.38. The molecule has 24 heavy (non-hydrogen) atoms. The van der Waals surface area contributed by atoms with Crippen LogP contribution in [0, 0.1) is 28.6 Å². The van der Waals surface area contributed by atoms with Crippen molar-refractivity contribution in [3.63, 3.8) is 0 Å². The van der Waals surface area contributed by atoms with E-state index in [4.69, 9.17) is 0 Å².